The van der Waals surface area contributed by atoms with Crippen molar-refractivity contribution in [3.8, 4) is 5.69 Å². The van der Waals surface area contributed by atoms with Crippen LogP contribution in [0.3, 0.4) is 0 Å². The fourth-order valence-corrected chi connectivity index (χ4v) is 2.55. The summed E-state index contributed by atoms with van der Waals surface area (Å²) < 4.78 is 1.62. The molecule has 0 saturated carbocycles. The lowest BCUT2D eigenvalue weighted by atomic mass is 10.1. The third kappa shape index (κ3) is 4.23. The molecule has 2 aromatic rings. The lowest BCUT2D eigenvalue weighted by molar-refractivity contribution is 0.0927. The fraction of sp³-hybridized carbons (Fsp3) is 0.333. The van der Waals surface area contributed by atoms with Crippen LogP contribution in [0.1, 0.15) is 10.4 Å². The zero-order chi connectivity index (χ0) is 15.5. The predicted molar refractivity (Wildman–Crippen MR) is 90.5 cm³/mol. The molecule has 3 N–H and O–H groups in total. The molecule has 0 spiro atoms. The van der Waals surface area contributed by atoms with Crippen LogP contribution in [0.4, 0.5) is 0 Å². The molecule has 1 aliphatic heterocycles. The quantitative estimate of drug-likeness (QED) is 0.770. The molecule has 23 heavy (non-hydrogen) atoms. The summed E-state index contributed by atoms with van der Waals surface area (Å²) in [6.07, 6.45) is 2.78. The highest BCUT2D eigenvalue weighted by Crippen LogP contribution is 2.13. The molecular weight excluding hydrogens is 339 g/mol. The average Bonchev–Trinajstić information content (AvgIpc) is 3.15. The molecule has 2 atom stereocenters. The van der Waals surface area contributed by atoms with E-state index >= 15 is 0 Å². The van der Waals surface area contributed by atoms with Gasteiger partial charge in [0.1, 0.15) is 0 Å². The molecule has 1 amide bonds. The first kappa shape index (κ1) is 17.7. The molecule has 124 valence electrons. The van der Waals surface area contributed by atoms with Gasteiger partial charge in [-0.05, 0) is 24.3 Å². The van der Waals surface area contributed by atoms with E-state index in [2.05, 4.69) is 15.7 Å². The number of β-amino-alcohol motifs (C(OH)–C–C–N with tert-alkyl or cyclic N) is 1. The van der Waals surface area contributed by atoms with E-state index in [1.165, 1.54) is 6.20 Å². The Kier molecular flexibility index (Phi) is 6.01. The Morgan fingerprint density at radius 2 is 2.13 bits per heavy atom. The maximum atomic E-state index is 12.1. The van der Waals surface area contributed by atoms with Gasteiger partial charge in [-0.3, -0.25) is 4.79 Å². The van der Waals surface area contributed by atoms with Gasteiger partial charge in [-0.25, -0.2) is 4.68 Å². The van der Waals surface area contributed by atoms with Crippen LogP contribution in [-0.4, -0.2) is 46.5 Å². The molecule has 8 heteroatoms. The Balaban J connectivity index is 0.00000192. The van der Waals surface area contributed by atoms with Gasteiger partial charge in [0, 0.05) is 36.8 Å². The molecule has 1 aromatic heterocycles. The van der Waals surface area contributed by atoms with E-state index in [4.69, 9.17) is 11.6 Å². The molecule has 0 aliphatic carbocycles. The molecule has 0 bridgehead atoms. The SMILES string of the molecule is Cl.O=C(NCC1CNCC1O)c1cnn(-c2ccc(Cl)cc2)c1. The summed E-state index contributed by atoms with van der Waals surface area (Å²) in [5.41, 5.74) is 1.31. The molecule has 3 rings (SSSR count). The van der Waals surface area contributed by atoms with Crippen LogP contribution in [0, 0.1) is 5.92 Å². The van der Waals surface area contributed by atoms with Gasteiger partial charge < -0.3 is 15.7 Å². The Morgan fingerprint density at radius 1 is 1.39 bits per heavy atom. The number of hydrogen-bond donors (Lipinski definition) is 3. The number of rotatable bonds is 4. The van der Waals surface area contributed by atoms with Crippen molar-refractivity contribution in [1.29, 1.82) is 0 Å². The van der Waals surface area contributed by atoms with Crippen LogP contribution < -0.4 is 10.6 Å². The second-order valence-corrected chi connectivity index (χ2v) is 5.78. The summed E-state index contributed by atoms with van der Waals surface area (Å²) in [5.74, 6) is -0.144. The summed E-state index contributed by atoms with van der Waals surface area (Å²) in [5, 5.41) is 20.5. The highest BCUT2D eigenvalue weighted by molar-refractivity contribution is 6.30. The number of hydrogen-bond acceptors (Lipinski definition) is 4. The van der Waals surface area contributed by atoms with Crippen molar-refractivity contribution in [2.45, 2.75) is 6.10 Å². The minimum atomic E-state index is -0.405. The molecule has 2 heterocycles. The zero-order valence-corrected chi connectivity index (χ0v) is 13.8. The van der Waals surface area contributed by atoms with E-state index in [-0.39, 0.29) is 24.2 Å². The van der Waals surface area contributed by atoms with Gasteiger partial charge in [0.15, 0.2) is 0 Å². The summed E-state index contributed by atoms with van der Waals surface area (Å²) in [4.78, 5) is 12.1. The number of benzene rings is 1. The van der Waals surface area contributed by atoms with Gasteiger partial charge in [0.25, 0.3) is 5.91 Å². The molecule has 1 aliphatic rings. The summed E-state index contributed by atoms with van der Waals surface area (Å²) >= 11 is 5.85. The average molecular weight is 357 g/mol. The molecule has 6 nitrogen and oxygen atoms in total. The molecular formula is C15H18Cl2N4O2. The van der Waals surface area contributed by atoms with E-state index < -0.39 is 6.10 Å². The topological polar surface area (TPSA) is 79.2 Å². The Morgan fingerprint density at radius 3 is 2.78 bits per heavy atom. The van der Waals surface area contributed by atoms with E-state index in [1.807, 2.05) is 12.1 Å². The van der Waals surface area contributed by atoms with Crippen LogP contribution in [0.15, 0.2) is 36.7 Å². The number of nitrogens with zero attached hydrogens (tertiary/aromatic N) is 2. The van der Waals surface area contributed by atoms with E-state index in [0.29, 0.717) is 30.2 Å². The standard InChI is InChI=1S/C15H17ClN4O2.ClH/c16-12-1-3-13(4-2-12)20-9-11(7-19-20)15(22)18-6-10-5-17-8-14(10)21;/h1-4,7,9-10,14,17,21H,5-6,8H2,(H,18,22);1H. The van der Waals surface area contributed by atoms with Crippen LogP contribution >= 0.6 is 24.0 Å². The maximum Gasteiger partial charge on any atom is 0.254 e. The van der Waals surface area contributed by atoms with Crippen LogP contribution in [0.2, 0.25) is 5.02 Å². The van der Waals surface area contributed by atoms with Crippen molar-refractivity contribution >= 4 is 29.9 Å². The Labute approximate surface area is 145 Å². The lowest BCUT2D eigenvalue weighted by Gasteiger charge is -2.13. The van der Waals surface area contributed by atoms with Crippen molar-refractivity contribution in [3.63, 3.8) is 0 Å². The minimum absolute atomic E-state index is 0. The monoisotopic (exact) mass is 356 g/mol. The first-order chi connectivity index (χ1) is 10.6. The van der Waals surface area contributed by atoms with Gasteiger partial charge in [0.05, 0.1) is 23.6 Å². The van der Waals surface area contributed by atoms with E-state index in [9.17, 15) is 9.90 Å². The second kappa shape index (κ2) is 7.79. The Bertz CT molecular complexity index is 660. The first-order valence-corrected chi connectivity index (χ1v) is 7.49. The number of halogens is 2. The highest BCUT2D eigenvalue weighted by Gasteiger charge is 2.25. The largest absolute Gasteiger partial charge is 0.391 e. The van der Waals surface area contributed by atoms with Crippen LogP contribution in [-0.2, 0) is 0 Å². The van der Waals surface area contributed by atoms with Crippen LogP contribution in [0.25, 0.3) is 5.69 Å². The number of amides is 1. The number of nitrogens with one attached hydrogen (secondary N) is 2. The highest BCUT2D eigenvalue weighted by atomic mass is 35.5. The fourth-order valence-electron chi connectivity index (χ4n) is 2.43. The van der Waals surface area contributed by atoms with Crippen LogP contribution in [0.5, 0.6) is 0 Å². The zero-order valence-electron chi connectivity index (χ0n) is 12.3. The van der Waals surface area contributed by atoms with Crippen molar-refractivity contribution in [2.75, 3.05) is 19.6 Å². The summed E-state index contributed by atoms with van der Waals surface area (Å²) in [7, 11) is 0. The van der Waals surface area contributed by atoms with Crippen molar-refractivity contribution < 1.29 is 9.90 Å². The molecule has 2 unspecified atom stereocenters. The number of carbonyl (C=O) groups is 1. The normalized spacial score (nSPS) is 20.1. The lowest BCUT2D eigenvalue weighted by Crippen LogP contribution is -2.34. The second-order valence-electron chi connectivity index (χ2n) is 5.35. The van der Waals surface area contributed by atoms with E-state index in [1.54, 1.807) is 23.0 Å². The molecule has 1 fully saturated rings. The molecule has 0 radical (unpaired) electrons. The Hall–Kier alpha value is -1.60. The summed E-state index contributed by atoms with van der Waals surface area (Å²) in [6, 6.07) is 7.20. The van der Waals surface area contributed by atoms with Crippen molar-refractivity contribution in [3.05, 3.63) is 47.2 Å². The van der Waals surface area contributed by atoms with Gasteiger partial charge >= 0.3 is 0 Å². The van der Waals surface area contributed by atoms with Gasteiger partial charge in [-0.1, -0.05) is 11.6 Å². The third-order valence-electron chi connectivity index (χ3n) is 3.76. The van der Waals surface area contributed by atoms with E-state index in [0.717, 1.165) is 5.69 Å². The van der Waals surface area contributed by atoms with Crippen molar-refractivity contribution in [2.24, 2.45) is 5.92 Å². The summed E-state index contributed by atoms with van der Waals surface area (Å²) in [6.45, 7) is 1.74. The maximum absolute atomic E-state index is 12.1. The third-order valence-corrected chi connectivity index (χ3v) is 4.02. The predicted octanol–water partition coefficient (Wildman–Crippen LogP) is 1.26. The smallest absolute Gasteiger partial charge is 0.254 e. The number of aromatic nitrogens is 2. The molecule has 1 aromatic carbocycles. The number of carbonyl (C=O) groups excluding carboxylic acids is 1. The van der Waals surface area contributed by atoms with Gasteiger partial charge in [-0.2, -0.15) is 5.10 Å². The molecule has 1 saturated heterocycles. The van der Waals surface area contributed by atoms with Gasteiger partial charge in [0.2, 0.25) is 0 Å². The first-order valence-electron chi connectivity index (χ1n) is 7.11. The van der Waals surface area contributed by atoms with Crippen molar-refractivity contribution in [1.82, 2.24) is 20.4 Å². The number of aliphatic hydroxyl groups is 1. The van der Waals surface area contributed by atoms with Gasteiger partial charge in [-0.15, -0.1) is 12.4 Å². The minimum Gasteiger partial charge on any atom is -0.391 e. The number of aliphatic hydroxyl groups excluding tert-OH is 1.